The van der Waals surface area contributed by atoms with Gasteiger partial charge in [0.1, 0.15) is 10.0 Å². The second-order valence-electron chi connectivity index (χ2n) is 9.15. The van der Waals surface area contributed by atoms with E-state index < -0.39 is 9.84 Å². The number of anilines is 1. The summed E-state index contributed by atoms with van der Waals surface area (Å²) in [6, 6.07) is 12.9. The highest BCUT2D eigenvalue weighted by Crippen LogP contribution is 2.45. The first-order valence-corrected chi connectivity index (χ1v) is 15.9. The van der Waals surface area contributed by atoms with Crippen LogP contribution in [-0.4, -0.2) is 58.9 Å². The van der Waals surface area contributed by atoms with Crippen molar-refractivity contribution < 1.29 is 17.9 Å². The van der Waals surface area contributed by atoms with Crippen molar-refractivity contribution in [3.8, 4) is 21.7 Å². The highest BCUT2D eigenvalue weighted by Gasteiger charge is 2.25. The maximum atomic E-state index is 12.8. The molecule has 0 radical (unpaired) electrons. The normalized spacial score (nSPS) is 13.5. The Kier molecular flexibility index (Phi) is 8.22. The van der Waals surface area contributed by atoms with Crippen molar-refractivity contribution in [1.82, 2.24) is 15.6 Å². The molecule has 0 atom stereocenters. The zero-order valence-electron chi connectivity index (χ0n) is 21.3. The standard InChI is InChI=1S/C27H30N4O4S3/c1-35-14-13-28-12-10-24(32)31-27-25(19-9-11-29-16-22(19)37-27)26-30-20-15-17(7-8-21(20)36-26)18-5-3-4-6-23(18)38(2,33)34/h3-8,15,28-29H,9-14,16H2,1-2H3,(H,31,32). The summed E-state index contributed by atoms with van der Waals surface area (Å²) in [5.74, 6) is -0.0384. The number of carbonyl (C=O) groups excluding carboxylic acids is 1. The van der Waals surface area contributed by atoms with Crippen LogP contribution in [0.4, 0.5) is 5.00 Å². The first-order chi connectivity index (χ1) is 18.3. The van der Waals surface area contributed by atoms with E-state index in [0.29, 0.717) is 36.6 Å². The van der Waals surface area contributed by atoms with Crippen LogP contribution in [0.5, 0.6) is 0 Å². The van der Waals surface area contributed by atoms with Crippen LogP contribution in [0.2, 0.25) is 0 Å². The Morgan fingerprint density at radius 1 is 1.16 bits per heavy atom. The van der Waals surface area contributed by atoms with Gasteiger partial charge in [-0.3, -0.25) is 4.79 Å². The van der Waals surface area contributed by atoms with Crippen LogP contribution < -0.4 is 16.0 Å². The lowest BCUT2D eigenvalue weighted by molar-refractivity contribution is -0.116. The summed E-state index contributed by atoms with van der Waals surface area (Å²) >= 11 is 3.20. The highest BCUT2D eigenvalue weighted by atomic mass is 32.2. The summed E-state index contributed by atoms with van der Waals surface area (Å²) in [6.45, 7) is 3.55. The predicted octanol–water partition coefficient (Wildman–Crippen LogP) is 4.31. The van der Waals surface area contributed by atoms with Gasteiger partial charge in [0.15, 0.2) is 9.84 Å². The highest BCUT2D eigenvalue weighted by molar-refractivity contribution is 7.90. The fraction of sp³-hybridized carbons (Fsp3) is 0.333. The number of benzene rings is 2. The molecule has 3 heterocycles. The van der Waals surface area contributed by atoms with Gasteiger partial charge < -0.3 is 20.7 Å². The number of carbonyl (C=O) groups is 1. The number of sulfone groups is 1. The van der Waals surface area contributed by atoms with E-state index in [-0.39, 0.29) is 5.91 Å². The molecule has 1 amide bonds. The third-order valence-corrected chi connectivity index (χ3v) is 9.75. The van der Waals surface area contributed by atoms with Crippen LogP contribution in [0.15, 0.2) is 47.4 Å². The van der Waals surface area contributed by atoms with Crippen molar-refractivity contribution in [3.05, 3.63) is 52.9 Å². The van der Waals surface area contributed by atoms with Crippen molar-refractivity contribution in [2.45, 2.75) is 24.3 Å². The molecule has 2 aromatic heterocycles. The van der Waals surface area contributed by atoms with Crippen molar-refractivity contribution in [1.29, 1.82) is 0 Å². The average Bonchev–Trinajstić information content (AvgIpc) is 3.48. The number of hydrogen-bond acceptors (Lipinski definition) is 9. The molecule has 200 valence electrons. The summed E-state index contributed by atoms with van der Waals surface area (Å²) in [5, 5.41) is 11.5. The quantitative estimate of drug-likeness (QED) is 0.244. The molecule has 8 nitrogen and oxygen atoms in total. The summed E-state index contributed by atoms with van der Waals surface area (Å²) in [6.07, 6.45) is 2.47. The third kappa shape index (κ3) is 5.83. The minimum atomic E-state index is -3.38. The van der Waals surface area contributed by atoms with Crippen LogP contribution in [0.1, 0.15) is 16.9 Å². The minimum absolute atomic E-state index is 0.0384. The van der Waals surface area contributed by atoms with E-state index in [1.165, 1.54) is 16.7 Å². The van der Waals surface area contributed by atoms with Gasteiger partial charge in [-0.1, -0.05) is 24.3 Å². The maximum absolute atomic E-state index is 12.8. The summed E-state index contributed by atoms with van der Waals surface area (Å²) < 4.78 is 30.8. The predicted molar refractivity (Wildman–Crippen MR) is 155 cm³/mol. The van der Waals surface area contributed by atoms with E-state index in [9.17, 15) is 13.2 Å². The molecule has 11 heteroatoms. The summed E-state index contributed by atoms with van der Waals surface area (Å²) in [7, 11) is -1.72. The number of nitrogens with one attached hydrogen (secondary N) is 3. The SMILES string of the molecule is COCCNCCC(=O)Nc1sc2c(c1-c1nc3cc(-c4ccccc4S(C)(=O)=O)ccc3s1)CCNC2. The van der Waals surface area contributed by atoms with E-state index >= 15 is 0 Å². The van der Waals surface area contributed by atoms with Crippen molar-refractivity contribution in [2.24, 2.45) is 0 Å². The molecule has 5 rings (SSSR count). The topological polar surface area (TPSA) is 109 Å². The number of thiophene rings is 1. The number of aromatic nitrogens is 1. The molecule has 1 aliphatic rings. The molecule has 0 fully saturated rings. The zero-order valence-corrected chi connectivity index (χ0v) is 23.7. The van der Waals surface area contributed by atoms with Crippen LogP contribution in [0.3, 0.4) is 0 Å². The fourth-order valence-corrected chi connectivity index (χ4v) is 7.80. The Morgan fingerprint density at radius 3 is 2.82 bits per heavy atom. The largest absolute Gasteiger partial charge is 0.383 e. The molecule has 0 saturated carbocycles. The van der Waals surface area contributed by atoms with Crippen molar-refractivity contribution in [3.63, 3.8) is 0 Å². The van der Waals surface area contributed by atoms with Gasteiger partial charge in [-0.15, -0.1) is 22.7 Å². The van der Waals surface area contributed by atoms with Crippen molar-refractivity contribution in [2.75, 3.05) is 44.9 Å². The van der Waals surface area contributed by atoms with Gasteiger partial charge in [0.25, 0.3) is 0 Å². The molecule has 0 saturated heterocycles. The number of nitrogens with zero attached hydrogens (tertiary/aromatic N) is 1. The lowest BCUT2D eigenvalue weighted by Gasteiger charge is -2.13. The fourth-order valence-electron chi connectivity index (χ4n) is 4.57. The Balaban J connectivity index is 1.47. The van der Waals surface area contributed by atoms with E-state index in [0.717, 1.165) is 50.9 Å². The molecular weight excluding hydrogens is 541 g/mol. The first-order valence-electron chi connectivity index (χ1n) is 12.4. The lowest BCUT2D eigenvalue weighted by Crippen LogP contribution is -2.24. The monoisotopic (exact) mass is 570 g/mol. The molecule has 4 aromatic rings. The molecule has 1 aliphatic heterocycles. The number of thiazole rings is 1. The van der Waals surface area contributed by atoms with Crippen LogP contribution >= 0.6 is 22.7 Å². The molecule has 38 heavy (non-hydrogen) atoms. The third-order valence-electron chi connectivity index (χ3n) is 6.39. The Labute approximate surface area is 230 Å². The first kappa shape index (κ1) is 26.9. The molecule has 0 spiro atoms. The molecule has 0 aliphatic carbocycles. The smallest absolute Gasteiger partial charge is 0.226 e. The van der Waals surface area contributed by atoms with Gasteiger partial charge in [-0.05, 0) is 42.3 Å². The molecule has 0 unspecified atom stereocenters. The van der Waals surface area contributed by atoms with Gasteiger partial charge in [0.05, 0.1) is 21.7 Å². The average molecular weight is 571 g/mol. The van der Waals surface area contributed by atoms with Gasteiger partial charge >= 0.3 is 0 Å². The van der Waals surface area contributed by atoms with Crippen LogP contribution in [0.25, 0.3) is 31.9 Å². The second kappa shape index (κ2) is 11.6. The number of fused-ring (bicyclic) bond motifs is 2. The number of methoxy groups -OCH3 is 1. The van der Waals surface area contributed by atoms with Gasteiger partial charge in [0.2, 0.25) is 5.91 Å². The summed E-state index contributed by atoms with van der Waals surface area (Å²) in [4.78, 5) is 19.3. The van der Waals surface area contributed by atoms with Gasteiger partial charge in [-0.25, -0.2) is 13.4 Å². The van der Waals surface area contributed by atoms with Gasteiger partial charge in [-0.2, -0.15) is 0 Å². The van der Waals surface area contributed by atoms with E-state index in [2.05, 4.69) is 16.0 Å². The number of ether oxygens (including phenoxy) is 1. The van der Waals surface area contributed by atoms with E-state index in [1.54, 1.807) is 41.9 Å². The molecule has 0 bridgehead atoms. The zero-order chi connectivity index (χ0) is 26.7. The Hall–Kier alpha value is -2.67. The molecule has 2 aromatic carbocycles. The Morgan fingerprint density at radius 2 is 2.00 bits per heavy atom. The second-order valence-corrected chi connectivity index (χ2v) is 13.3. The Bertz CT molecular complexity index is 1580. The van der Waals surface area contributed by atoms with E-state index in [1.807, 2.05) is 30.3 Å². The number of hydrogen-bond donors (Lipinski definition) is 3. The lowest BCUT2D eigenvalue weighted by atomic mass is 10.0. The van der Waals surface area contributed by atoms with Crippen LogP contribution in [-0.2, 0) is 32.3 Å². The minimum Gasteiger partial charge on any atom is -0.383 e. The maximum Gasteiger partial charge on any atom is 0.226 e. The van der Waals surface area contributed by atoms with Gasteiger partial charge in [0, 0.05) is 55.4 Å². The molecular formula is C27H30N4O4S3. The summed E-state index contributed by atoms with van der Waals surface area (Å²) in [5.41, 5.74) is 4.52. The molecule has 3 N–H and O–H groups in total. The number of amides is 1. The van der Waals surface area contributed by atoms with Crippen LogP contribution in [0, 0.1) is 0 Å². The van der Waals surface area contributed by atoms with Crippen molar-refractivity contribution >= 4 is 53.6 Å². The number of rotatable bonds is 10. The van der Waals surface area contributed by atoms with E-state index in [4.69, 9.17) is 9.72 Å².